The van der Waals surface area contributed by atoms with Gasteiger partial charge in [0.2, 0.25) is 0 Å². The first-order valence-corrected chi connectivity index (χ1v) is 6.13. The van der Waals surface area contributed by atoms with Gasteiger partial charge in [0.25, 0.3) is 0 Å². The van der Waals surface area contributed by atoms with E-state index in [1.54, 1.807) is 0 Å². The van der Waals surface area contributed by atoms with E-state index in [4.69, 9.17) is 0 Å². The average Bonchev–Trinajstić information content (AvgIpc) is 2.19. The van der Waals surface area contributed by atoms with E-state index in [9.17, 15) is 0 Å². The molecule has 82 valence electrons. The second kappa shape index (κ2) is 6.23. The zero-order valence-corrected chi connectivity index (χ0v) is 9.76. The average molecular weight is 195 g/mol. The summed E-state index contributed by atoms with van der Waals surface area (Å²) in [6.45, 7) is 8.35. The smallest absolute Gasteiger partial charge is 0.00757 e. The van der Waals surface area contributed by atoms with Gasteiger partial charge in [-0.3, -0.25) is 0 Å². The zero-order chi connectivity index (χ0) is 10.4. The van der Waals surface area contributed by atoms with Crippen LogP contribution in [0.4, 0.5) is 0 Å². The van der Waals surface area contributed by atoms with Gasteiger partial charge in [-0.05, 0) is 44.9 Å². The molecule has 0 aromatic heterocycles. The summed E-state index contributed by atoms with van der Waals surface area (Å²) in [6.07, 6.45) is 10.1. The maximum absolute atomic E-state index is 3.78. The van der Waals surface area contributed by atoms with Crippen molar-refractivity contribution >= 4 is 0 Å². The predicted molar refractivity (Wildman–Crippen MR) is 63.4 cm³/mol. The molecule has 1 N–H and O–H groups in total. The summed E-state index contributed by atoms with van der Waals surface area (Å²) in [4.78, 5) is 0. The van der Waals surface area contributed by atoms with Gasteiger partial charge < -0.3 is 5.32 Å². The van der Waals surface area contributed by atoms with Crippen LogP contribution in [-0.4, -0.2) is 12.1 Å². The van der Waals surface area contributed by atoms with E-state index in [2.05, 4.69) is 25.7 Å². The Balaban J connectivity index is 2.18. The SMILES string of the molecule is C=CCC(C)NC1CCC(CC)CC1. The Morgan fingerprint density at radius 2 is 2.00 bits per heavy atom. The molecule has 1 nitrogen and oxygen atoms in total. The third-order valence-corrected chi connectivity index (χ3v) is 3.46. The van der Waals surface area contributed by atoms with Crippen molar-refractivity contribution in [2.45, 2.75) is 64.5 Å². The Morgan fingerprint density at radius 3 is 2.50 bits per heavy atom. The molecule has 0 radical (unpaired) electrons. The summed E-state index contributed by atoms with van der Waals surface area (Å²) < 4.78 is 0. The zero-order valence-electron chi connectivity index (χ0n) is 9.76. The third-order valence-electron chi connectivity index (χ3n) is 3.46. The van der Waals surface area contributed by atoms with Gasteiger partial charge in [0.15, 0.2) is 0 Å². The van der Waals surface area contributed by atoms with Crippen LogP contribution in [0, 0.1) is 5.92 Å². The molecule has 1 fully saturated rings. The molecule has 1 aliphatic rings. The lowest BCUT2D eigenvalue weighted by Gasteiger charge is -2.30. The van der Waals surface area contributed by atoms with Crippen LogP contribution < -0.4 is 5.32 Å². The Kier molecular flexibility index (Phi) is 5.24. The first-order chi connectivity index (χ1) is 6.76. The fourth-order valence-corrected chi connectivity index (χ4v) is 2.46. The first kappa shape index (κ1) is 11.8. The molecule has 1 atom stereocenters. The Hall–Kier alpha value is -0.300. The lowest BCUT2D eigenvalue weighted by Crippen LogP contribution is -2.38. The number of rotatable bonds is 5. The quantitative estimate of drug-likeness (QED) is 0.662. The Labute approximate surface area is 89.0 Å². The number of nitrogens with one attached hydrogen (secondary N) is 1. The van der Waals surface area contributed by atoms with E-state index in [0.29, 0.717) is 6.04 Å². The molecule has 1 heteroatoms. The molecule has 0 bridgehead atoms. The Morgan fingerprint density at radius 1 is 1.36 bits per heavy atom. The van der Waals surface area contributed by atoms with E-state index in [1.807, 2.05) is 6.08 Å². The molecule has 1 rings (SSSR count). The molecule has 0 heterocycles. The van der Waals surface area contributed by atoms with Gasteiger partial charge in [-0.2, -0.15) is 0 Å². The van der Waals surface area contributed by atoms with Crippen LogP contribution in [0.3, 0.4) is 0 Å². The van der Waals surface area contributed by atoms with E-state index in [-0.39, 0.29) is 0 Å². The minimum atomic E-state index is 0.607. The lowest BCUT2D eigenvalue weighted by molar-refractivity contribution is 0.272. The van der Waals surface area contributed by atoms with Crippen LogP contribution in [-0.2, 0) is 0 Å². The maximum atomic E-state index is 3.78. The van der Waals surface area contributed by atoms with Crippen LogP contribution in [0.5, 0.6) is 0 Å². The molecule has 1 aliphatic carbocycles. The van der Waals surface area contributed by atoms with Crippen LogP contribution in [0.2, 0.25) is 0 Å². The van der Waals surface area contributed by atoms with Crippen molar-refractivity contribution in [2.75, 3.05) is 0 Å². The van der Waals surface area contributed by atoms with Crippen molar-refractivity contribution in [3.63, 3.8) is 0 Å². The topological polar surface area (TPSA) is 12.0 Å². The van der Waals surface area contributed by atoms with Crippen LogP contribution in [0.1, 0.15) is 52.4 Å². The summed E-state index contributed by atoms with van der Waals surface area (Å²) in [5, 5.41) is 3.69. The van der Waals surface area contributed by atoms with Gasteiger partial charge in [-0.15, -0.1) is 6.58 Å². The van der Waals surface area contributed by atoms with Gasteiger partial charge in [0.05, 0.1) is 0 Å². The van der Waals surface area contributed by atoms with Crippen molar-refractivity contribution in [3.05, 3.63) is 12.7 Å². The predicted octanol–water partition coefficient (Wildman–Crippen LogP) is 3.51. The second-order valence-electron chi connectivity index (χ2n) is 4.72. The third kappa shape index (κ3) is 3.83. The summed E-state index contributed by atoms with van der Waals surface area (Å²) in [5.41, 5.74) is 0. The van der Waals surface area contributed by atoms with E-state index in [0.717, 1.165) is 18.4 Å². The lowest BCUT2D eigenvalue weighted by atomic mass is 9.84. The van der Waals surface area contributed by atoms with Crippen molar-refractivity contribution in [1.82, 2.24) is 5.32 Å². The van der Waals surface area contributed by atoms with Crippen LogP contribution >= 0.6 is 0 Å². The van der Waals surface area contributed by atoms with Gasteiger partial charge >= 0.3 is 0 Å². The highest BCUT2D eigenvalue weighted by molar-refractivity contribution is 4.81. The van der Waals surface area contributed by atoms with Crippen LogP contribution in [0.15, 0.2) is 12.7 Å². The Bertz CT molecular complexity index is 157. The fraction of sp³-hybridized carbons (Fsp3) is 0.846. The molecule has 0 aromatic rings. The van der Waals surface area contributed by atoms with Gasteiger partial charge in [-0.25, -0.2) is 0 Å². The summed E-state index contributed by atoms with van der Waals surface area (Å²) >= 11 is 0. The monoisotopic (exact) mass is 195 g/mol. The summed E-state index contributed by atoms with van der Waals surface area (Å²) in [5.74, 6) is 1.00. The van der Waals surface area contributed by atoms with Crippen LogP contribution in [0.25, 0.3) is 0 Å². The van der Waals surface area contributed by atoms with Crippen molar-refractivity contribution in [1.29, 1.82) is 0 Å². The van der Waals surface area contributed by atoms with Gasteiger partial charge in [0, 0.05) is 12.1 Å². The first-order valence-electron chi connectivity index (χ1n) is 6.13. The molecule has 14 heavy (non-hydrogen) atoms. The largest absolute Gasteiger partial charge is 0.311 e. The maximum Gasteiger partial charge on any atom is 0.00757 e. The van der Waals surface area contributed by atoms with E-state index >= 15 is 0 Å². The second-order valence-corrected chi connectivity index (χ2v) is 4.72. The highest BCUT2D eigenvalue weighted by Gasteiger charge is 2.20. The minimum absolute atomic E-state index is 0.607. The molecule has 0 spiro atoms. The standard InChI is InChI=1S/C13H25N/c1-4-6-11(3)14-13-9-7-12(5-2)8-10-13/h4,11-14H,1,5-10H2,2-3H3. The summed E-state index contributed by atoms with van der Waals surface area (Å²) in [7, 11) is 0. The molecule has 0 aliphatic heterocycles. The summed E-state index contributed by atoms with van der Waals surface area (Å²) in [6, 6.07) is 1.38. The number of hydrogen-bond donors (Lipinski definition) is 1. The molecular formula is C13H25N. The van der Waals surface area contributed by atoms with Crippen molar-refractivity contribution in [2.24, 2.45) is 5.92 Å². The normalized spacial score (nSPS) is 29.9. The highest BCUT2D eigenvalue weighted by atomic mass is 14.9. The molecule has 1 saturated carbocycles. The van der Waals surface area contributed by atoms with Crippen molar-refractivity contribution < 1.29 is 0 Å². The molecule has 1 unspecified atom stereocenters. The number of hydrogen-bond acceptors (Lipinski definition) is 1. The highest BCUT2D eigenvalue weighted by Crippen LogP contribution is 2.26. The molecule has 0 aromatic carbocycles. The van der Waals surface area contributed by atoms with E-state index < -0.39 is 0 Å². The minimum Gasteiger partial charge on any atom is -0.311 e. The van der Waals surface area contributed by atoms with E-state index in [1.165, 1.54) is 32.1 Å². The molecular weight excluding hydrogens is 170 g/mol. The van der Waals surface area contributed by atoms with Gasteiger partial charge in [0.1, 0.15) is 0 Å². The molecule has 0 saturated heterocycles. The van der Waals surface area contributed by atoms with Gasteiger partial charge in [-0.1, -0.05) is 19.4 Å². The fourth-order valence-electron chi connectivity index (χ4n) is 2.46. The van der Waals surface area contributed by atoms with Crippen molar-refractivity contribution in [3.8, 4) is 0 Å². The molecule has 0 amide bonds.